The Kier molecular flexibility index (Phi) is 6.55. The van der Waals surface area contributed by atoms with Crippen molar-refractivity contribution in [3.05, 3.63) is 54.4 Å². The SMILES string of the molecule is F[B-](F)(F)c1cncc(OCc2ccccc2)c1.[K+]. The second-order valence-electron chi connectivity index (χ2n) is 3.80. The molecule has 0 fully saturated rings. The second-order valence-corrected chi connectivity index (χ2v) is 3.80. The number of pyridine rings is 1. The number of benzene rings is 1. The van der Waals surface area contributed by atoms with Gasteiger partial charge in [-0.05, 0) is 11.6 Å². The number of hydrogen-bond donors (Lipinski definition) is 0. The fourth-order valence-corrected chi connectivity index (χ4v) is 1.43. The molecule has 1 aromatic heterocycles. The third kappa shape index (κ3) is 5.27. The van der Waals surface area contributed by atoms with Gasteiger partial charge in [0.05, 0.1) is 6.20 Å². The van der Waals surface area contributed by atoms with Crippen LogP contribution in [-0.4, -0.2) is 12.0 Å². The molecule has 2 rings (SSSR count). The van der Waals surface area contributed by atoms with Gasteiger partial charge in [0.15, 0.2) is 0 Å². The maximum absolute atomic E-state index is 12.5. The van der Waals surface area contributed by atoms with Gasteiger partial charge in [-0.3, -0.25) is 4.98 Å². The van der Waals surface area contributed by atoms with Crippen molar-refractivity contribution >= 4 is 12.4 Å². The van der Waals surface area contributed by atoms with Crippen molar-refractivity contribution in [1.82, 2.24) is 4.98 Å². The smallest absolute Gasteiger partial charge is 0.487 e. The molecule has 0 aliphatic carbocycles. The first-order chi connectivity index (χ1) is 8.55. The zero-order valence-electron chi connectivity index (χ0n) is 10.4. The van der Waals surface area contributed by atoms with Gasteiger partial charge in [-0.1, -0.05) is 35.8 Å². The van der Waals surface area contributed by atoms with E-state index in [1.54, 1.807) is 0 Å². The predicted molar refractivity (Wildman–Crippen MR) is 63.7 cm³/mol. The minimum absolute atomic E-state index is 0. The molecule has 0 aliphatic rings. The summed E-state index contributed by atoms with van der Waals surface area (Å²) in [6.45, 7) is -4.82. The maximum Gasteiger partial charge on any atom is 1.00 e. The first kappa shape index (κ1) is 16.7. The van der Waals surface area contributed by atoms with Crippen LogP contribution in [-0.2, 0) is 6.61 Å². The normalized spacial score (nSPS) is 10.7. The zero-order valence-corrected chi connectivity index (χ0v) is 13.5. The van der Waals surface area contributed by atoms with Gasteiger partial charge in [0.2, 0.25) is 0 Å². The van der Waals surface area contributed by atoms with E-state index >= 15 is 0 Å². The number of hydrogen-bond acceptors (Lipinski definition) is 2. The molecule has 0 radical (unpaired) electrons. The van der Waals surface area contributed by atoms with Crippen molar-refractivity contribution in [2.45, 2.75) is 6.61 Å². The van der Waals surface area contributed by atoms with Gasteiger partial charge in [0.1, 0.15) is 12.4 Å². The van der Waals surface area contributed by atoms with Crippen molar-refractivity contribution in [1.29, 1.82) is 0 Å². The van der Waals surface area contributed by atoms with Gasteiger partial charge in [-0.15, -0.1) is 0 Å². The number of aromatic nitrogens is 1. The molecule has 1 heterocycles. The zero-order chi connectivity index (χ0) is 13.0. The van der Waals surface area contributed by atoms with Crippen LogP contribution in [0.1, 0.15) is 5.56 Å². The number of halogens is 3. The molecule has 0 amide bonds. The van der Waals surface area contributed by atoms with Gasteiger partial charge in [0, 0.05) is 6.20 Å². The minimum Gasteiger partial charge on any atom is -0.487 e. The molecule has 0 atom stereocenters. The van der Waals surface area contributed by atoms with Crippen LogP contribution in [0.2, 0.25) is 0 Å². The fourth-order valence-electron chi connectivity index (χ4n) is 1.43. The van der Waals surface area contributed by atoms with Crippen LogP contribution in [0.4, 0.5) is 12.9 Å². The summed E-state index contributed by atoms with van der Waals surface area (Å²) in [6, 6.07) is 10.2. The number of nitrogens with zero attached hydrogens (tertiary/aromatic N) is 1. The van der Waals surface area contributed by atoms with Crippen molar-refractivity contribution in [2.75, 3.05) is 0 Å². The summed E-state index contributed by atoms with van der Waals surface area (Å²) >= 11 is 0. The van der Waals surface area contributed by atoms with E-state index in [9.17, 15) is 12.9 Å². The summed E-state index contributed by atoms with van der Waals surface area (Å²) in [5.41, 5.74) is 0.140. The van der Waals surface area contributed by atoms with E-state index in [1.165, 1.54) is 6.20 Å². The van der Waals surface area contributed by atoms with E-state index < -0.39 is 12.4 Å². The molecule has 0 saturated carbocycles. The number of rotatable bonds is 4. The molecule has 0 bridgehead atoms. The Hall–Kier alpha value is -0.339. The largest absolute Gasteiger partial charge is 1.00 e. The van der Waals surface area contributed by atoms with Gasteiger partial charge in [0.25, 0.3) is 0 Å². The van der Waals surface area contributed by atoms with Gasteiger partial charge in [-0.2, -0.15) is 0 Å². The van der Waals surface area contributed by atoms with Gasteiger partial charge < -0.3 is 17.7 Å². The molecule has 0 aliphatic heterocycles. The van der Waals surface area contributed by atoms with E-state index in [0.29, 0.717) is 0 Å². The van der Waals surface area contributed by atoms with E-state index in [2.05, 4.69) is 4.98 Å². The van der Waals surface area contributed by atoms with Crippen molar-refractivity contribution in [2.24, 2.45) is 0 Å². The average Bonchev–Trinajstić information content (AvgIpc) is 2.37. The molecule has 2 aromatic rings. The molecular formula is C12H10BF3KNO. The molecule has 0 unspecified atom stereocenters. The van der Waals surface area contributed by atoms with E-state index in [1.807, 2.05) is 30.3 Å². The molecule has 7 heteroatoms. The summed E-state index contributed by atoms with van der Waals surface area (Å²) in [5.74, 6) is 0.121. The van der Waals surface area contributed by atoms with Crippen LogP contribution in [0, 0.1) is 0 Å². The first-order valence-corrected chi connectivity index (χ1v) is 5.37. The Balaban J connectivity index is 0.00000180. The van der Waals surface area contributed by atoms with Crippen molar-refractivity contribution < 1.29 is 69.1 Å². The standard InChI is InChI=1S/C12H10BF3NO.K/c14-13(15,16)11-6-12(8-17-7-11)18-9-10-4-2-1-3-5-10;/h1-8H,9H2;/q-1;+1. The molecule has 19 heavy (non-hydrogen) atoms. The molecule has 0 spiro atoms. The van der Waals surface area contributed by atoms with Gasteiger partial charge in [-0.25, -0.2) is 0 Å². The summed E-state index contributed by atoms with van der Waals surface area (Å²) in [7, 11) is 0. The fraction of sp³-hybridized carbons (Fsp3) is 0.0833. The van der Waals surface area contributed by atoms with Crippen LogP contribution in [0.15, 0.2) is 48.8 Å². The number of ether oxygens (including phenoxy) is 1. The molecule has 2 nitrogen and oxygen atoms in total. The topological polar surface area (TPSA) is 22.1 Å². The Bertz CT molecular complexity index is 522. The minimum atomic E-state index is -5.04. The van der Waals surface area contributed by atoms with Crippen molar-refractivity contribution in [3.8, 4) is 5.75 Å². The molecular weight excluding hydrogens is 281 g/mol. The first-order valence-electron chi connectivity index (χ1n) is 5.37. The summed E-state index contributed by atoms with van der Waals surface area (Å²) in [6.07, 6.45) is 2.07. The van der Waals surface area contributed by atoms with Crippen LogP contribution < -0.4 is 61.6 Å². The van der Waals surface area contributed by atoms with Crippen LogP contribution in [0.25, 0.3) is 0 Å². The molecule has 94 valence electrons. The van der Waals surface area contributed by atoms with Crippen LogP contribution in [0.3, 0.4) is 0 Å². The second kappa shape index (κ2) is 7.45. The summed E-state index contributed by atoms with van der Waals surface area (Å²) in [4.78, 5) is 3.53. The quantitative estimate of drug-likeness (QED) is 0.723. The van der Waals surface area contributed by atoms with E-state index in [4.69, 9.17) is 4.74 Å². The summed E-state index contributed by atoms with van der Waals surface area (Å²) in [5, 5.41) is 0. The summed E-state index contributed by atoms with van der Waals surface area (Å²) < 4.78 is 42.8. The molecule has 0 saturated heterocycles. The maximum atomic E-state index is 12.5. The van der Waals surface area contributed by atoms with E-state index in [-0.39, 0.29) is 63.7 Å². The van der Waals surface area contributed by atoms with Crippen molar-refractivity contribution in [3.63, 3.8) is 0 Å². The third-order valence-electron chi connectivity index (χ3n) is 2.36. The Morgan fingerprint density at radius 3 is 2.37 bits per heavy atom. The predicted octanol–water partition coefficient (Wildman–Crippen LogP) is -0.281. The Morgan fingerprint density at radius 1 is 1.05 bits per heavy atom. The molecule has 1 aromatic carbocycles. The Labute approximate surface area is 151 Å². The Morgan fingerprint density at radius 2 is 1.74 bits per heavy atom. The molecule has 0 N–H and O–H groups in total. The monoisotopic (exact) mass is 291 g/mol. The third-order valence-corrected chi connectivity index (χ3v) is 2.36. The van der Waals surface area contributed by atoms with Gasteiger partial charge >= 0.3 is 58.4 Å². The average molecular weight is 291 g/mol. The van der Waals surface area contributed by atoms with Crippen LogP contribution >= 0.6 is 0 Å². The van der Waals surface area contributed by atoms with Crippen LogP contribution in [0.5, 0.6) is 5.75 Å². The van der Waals surface area contributed by atoms with E-state index in [0.717, 1.165) is 17.8 Å².